The molecule has 1 N–H and O–H groups in total. The van der Waals surface area contributed by atoms with E-state index in [-0.39, 0.29) is 17.0 Å². The highest BCUT2D eigenvalue weighted by Gasteiger charge is 2.26. The van der Waals surface area contributed by atoms with Gasteiger partial charge in [-0.25, -0.2) is 13.1 Å². The normalized spacial score (nSPS) is 22.0. The molecule has 1 heterocycles. The van der Waals surface area contributed by atoms with Gasteiger partial charge in [0.05, 0.1) is 11.0 Å². The van der Waals surface area contributed by atoms with E-state index in [0.717, 1.165) is 12.8 Å². The molecular weight excluding hydrogens is 274 g/mol. The van der Waals surface area contributed by atoms with Crippen LogP contribution in [-0.2, 0) is 14.8 Å². The predicted molar refractivity (Wildman–Crippen MR) is 70.2 cm³/mol. The van der Waals surface area contributed by atoms with E-state index in [0.29, 0.717) is 11.6 Å². The number of sulfonamides is 1. The van der Waals surface area contributed by atoms with E-state index in [2.05, 4.69) is 4.72 Å². The van der Waals surface area contributed by atoms with Gasteiger partial charge in [-0.15, -0.1) is 0 Å². The van der Waals surface area contributed by atoms with E-state index in [4.69, 9.17) is 16.3 Å². The minimum Gasteiger partial charge on any atom is -0.377 e. The van der Waals surface area contributed by atoms with Gasteiger partial charge in [0.25, 0.3) is 0 Å². The van der Waals surface area contributed by atoms with Crippen LogP contribution in [0.5, 0.6) is 0 Å². The van der Waals surface area contributed by atoms with Crippen LogP contribution < -0.4 is 4.72 Å². The topological polar surface area (TPSA) is 55.4 Å². The summed E-state index contributed by atoms with van der Waals surface area (Å²) in [5.41, 5.74) is 0. The number of ether oxygens (including phenoxy) is 1. The zero-order valence-electron chi connectivity index (χ0n) is 10.1. The van der Waals surface area contributed by atoms with Crippen LogP contribution in [-0.4, -0.2) is 27.2 Å². The highest BCUT2D eigenvalue weighted by atomic mass is 35.5. The van der Waals surface area contributed by atoms with Crippen molar-refractivity contribution in [3.63, 3.8) is 0 Å². The Morgan fingerprint density at radius 3 is 2.89 bits per heavy atom. The molecule has 1 aliphatic heterocycles. The first-order chi connectivity index (χ1) is 8.49. The SMILES string of the molecule is C[C@H](NS(=O)(=O)c1cccc(Cl)c1)[C@@H]1CCCO1. The molecule has 0 aliphatic carbocycles. The van der Waals surface area contributed by atoms with E-state index in [1.165, 1.54) is 12.1 Å². The summed E-state index contributed by atoms with van der Waals surface area (Å²) in [6.07, 6.45) is 1.83. The van der Waals surface area contributed by atoms with Crippen molar-refractivity contribution in [2.75, 3.05) is 6.61 Å². The van der Waals surface area contributed by atoms with Gasteiger partial charge in [0, 0.05) is 17.7 Å². The minimum atomic E-state index is -3.53. The van der Waals surface area contributed by atoms with Crippen molar-refractivity contribution in [3.05, 3.63) is 29.3 Å². The summed E-state index contributed by atoms with van der Waals surface area (Å²) in [7, 11) is -3.53. The second-order valence-corrected chi connectivity index (χ2v) is 6.57. The second kappa shape index (κ2) is 5.57. The van der Waals surface area contributed by atoms with Crippen molar-refractivity contribution in [3.8, 4) is 0 Å². The fourth-order valence-corrected chi connectivity index (χ4v) is 3.59. The number of hydrogen-bond acceptors (Lipinski definition) is 3. The molecule has 0 unspecified atom stereocenters. The maximum absolute atomic E-state index is 12.1. The Balaban J connectivity index is 2.11. The molecule has 1 fully saturated rings. The largest absolute Gasteiger partial charge is 0.377 e. The molecule has 0 saturated carbocycles. The molecule has 0 bridgehead atoms. The molecule has 1 saturated heterocycles. The maximum Gasteiger partial charge on any atom is 0.240 e. The molecule has 1 aromatic carbocycles. The number of benzene rings is 1. The number of halogens is 1. The van der Waals surface area contributed by atoms with Gasteiger partial charge in [-0.2, -0.15) is 0 Å². The van der Waals surface area contributed by atoms with Crippen LogP contribution in [0.3, 0.4) is 0 Å². The van der Waals surface area contributed by atoms with Gasteiger partial charge in [0.1, 0.15) is 0 Å². The van der Waals surface area contributed by atoms with Crippen molar-refractivity contribution in [1.29, 1.82) is 0 Å². The smallest absolute Gasteiger partial charge is 0.240 e. The third-order valence-corrected chi connectivity index (χ3v) is 4.76. The Labute approximate surface area is 112 Å². The highest BCUT2D eigenvalue weighted by molar-refractivity contribution is 7.89. The van der Waals surface area contributed by atoms with E-state index in [1.807, 2.05) is 6.92 Å². The summed E-state index contributed by atoms with van der Waals surface area (Å²) in [5, 5.41) is 0.405. The predicted octanol–water partition coefficient (Wildman–Crippen LogP) is 2.19. The lowest BCUT2D eigenvalue weighted by atomic mass is 10.1. The number of nitrogens with one attached hydrogen (secondary N) is 1. The maximum atomic E-state index is 12.1. The average Bonchev–Trinajstić information content (AvgIpc) is 2.82. The molecular formula is C12H16ClNO3S. The zero-order chi connectivity index (χ0) is 13.2. The van der Waals surface area contributed by atoms with Gasteiger partial charge in [-0.1, -0.05) is 17.7 Å². The minimum absolute atomic E-state index is 0.0426. The lowest BCUT2D eigenvalue weighted by Crippen LogP contribution is -2.40. The molecule has 0 aromatic heterocycles. The summed E-state index contributed by atoms with van der Waals surface area (Å²) in [6, 6.07) is 5.98. The van der Waals surface area contributed by atoms with Crippen molar-refractivity contribution < 1.29 is 13.2 Å². The van der Waals surface area contributed by atoms with Crippen LogP contribution in [0, 0.1) is 0 Å². The Morgan fingerprint density at radius 1 is 1.50 bits per heavy atom. The van der Waals surface area contributed by atoms with Gasteiger partial charge in [0.2, 0.25) is 10.0 Å². The first kappa shape index (κ1) is 13.8. The van der Waals surface area contributed by atoms with Crippen molar-refractivity contribution >= 4 is 21.6 Å². The van der Waals surface area contributed by atoms with Crippen LogP contribution in [0.2, 0.25) is 5.02 Å². The summed E-state index contributed by atoms with van der Waals surface area (Å²) >= 11 is 5.80. The molecule has 0 radical (unpaired) electrons. The van der Waals surface area contributed by atoms with Crippen molar-refractivity contribution in [1.82, 2.24) is 4.72 Å². The van der Waals surface area contributed by atoms with Gasteiger partial charge in [-0.05, 0) is 38.0 Å². The quantitative estimate of drug-likeness (QED) is 0.924. The van der Waals surface area contributed by atoms with Gasteiger partial charge in [0.15, 0.2) is 0 Å². The molecule has 2 atom stereocenters. The zero-order valence-corrected chi connectivity index (χ0v) is 11.7. The fraction of sp³-hybridized carbons (Fsp3) is 0.500. The summed E-state index contributed by atoms with van der Waals surface area (Å²) in [5.74, 6) is 0. The van der Waals surface area contributed by atoms with Crippen LogP contribution in [0.15, 0.2) is 29.2 Å². The summed E-state index contributed by atoms with van der Waals surface area (Å²) < 4.78 is 32.3. The summed E-state index contributed by atoms with van der Waals surface area (Å²) in [6.45, 7) is 2.52. The summed E-state index contributed by atoms with van der Waals surface area (Å²) in [4.78, 5) is 0.180. The van der Waals surface area contributed by atoms with Gasteiger partial charge < -0.3 is 4.74 Å². The van der Waals surface area contributed by atoms with Crippen LogP contribution in [0.25, 0.3) is 0 Å². The van der Waals surface area contributed by atoms with Gasteiger partial charge >= 0.3 is 0 Å². The van der Waals surface area contributed by atoms with Crippen LogP contribution in [0.1, 0.15) is 19.8 Å². The molecule has 4 nitrogen and oxygen atoms in total. The molecule has 100 valence electrons. The van der Waals surface area contributed by atoms with Crippen LogP contribution >= 0.6 is 11.6 Å². The van der Waals surface area contributed by atoms with E-state index in [1.54, 1.807) is 12.1 Å². The Bertz CT molecular complexity index is 512. The van der Waals surface area contributed by atoms with E-state index in [9.17, 15) is 8.42 Å². The second-order valence-electron chi connectivity index (χ2n) is 4.42. The first-order valence-electron chi connectivity index (χ1n) is 5.88. The molecule has 1 aliphatic rings. The third-order valence-electron chi connectivity index (χ3n) is 2.97. The Kier molecular flexibility index (Phi) is 4.27. The van der Waals surface area contributed by atoms with Crippen LogP contribution in [0.4, 0.5) is 0 Å². The molecule has 0 spiro atoms. The highest BCUT2D eigenvalue weighted by Crippen LogP contribution is 2.19. The van der Waals surface area contributed by atoms with E-state index >= 15 is 0 Å². The fourth-order valence-electron chi connectivity index (χ4n) is 2.02. The third kappa shape index (κ3) is 3.23. The monoisotopic (exact) mass is 289 g/mol. The van der Waals surface area contributed by atoms with E-state index < -0.39 is 10.0 Å². The van der Waals surface area contributed by atoms with Crippen molar-refractivity contribution in [2.24, 2.45) is 0 Å². The standard InChI is InChI=1S/C12H16ClNO3S/c1-9(12-6-3-7-17-12)14-18(15,16)11-5-2-4-10(13)8-11/h2,4-5,8-9,12,14H,3,6-7H2,1H3/t9-,12-/m0/s1. The number of rotatable bonds is 4. The molecule has 1 aromatic rings. The van der Waals surface area contributed by atoms with Gasteiger partial charge in [-0.3, -0.25) is 0 Å². The average molecular weight is 290 g/mol. The lowest BCUT2D eigenvalue weighted by Gasteiger charge is -2.19. The lowest BCUT2D eigenvalue weighted by molar-refractivity contribution is 0.0902. The van der Waals surface area contributed by atoms with Crippen molar-refractivity contribution in [2.45, 2.75) is 36.8 Å². The Morgan fingerprint density at radius 2 is 2.28 bits per heavy atom. The number of hydrogen-bond donors (Lipinski definition) is 1. The molecule has 6 heteroatoms. The first-order valence-corrected chi connectivity index (χ1v) is 7.75. The molecule has 2 rings (SSSR count). The Hall–Kier alpha value is -0.620. The molecule has 18 heavy (non-hydrogen) atoms. The molecule has 0 amide bonds.